The van der Waals surface area contributed by atoms with Crippen molar-refractivity contribution in [3.8, 4) is 0 Å². The van der Waals surface area contributed by atoms with Crippen molar-refractivity contribution >= 4 is 0 Å². The summed E-state index contributed by atoms with van der Waals surface area (Å²) in [6.07, 6.45) is 5.96. The van der Waals surface area contributed by atoms with Gasteiger partial charge in [-0.1, -0.05) is 41.5 Å². The molecule has 2 heteroatoms. The first-order valence-electron chi connectivity index (χ1n) is 7.66. The molecule has 1 aromatic rings. The molecule has 0 N–H and O–H groups in total. The highest BCUT2D eigenvalue weighted by molar-refractivity contribution is 5.09. The molecule has 0 spiro atoms. The minimum absolute atomic E-state index is 0.744. The number of hydrogen-bond donors (Lipinski definition) is 0. The van der Waals surface area contributed by atoms with Gasteiger partial charge in [0, 0.05) is 24.9 Å². The monoisotopic (exact) mass is 252 g/mol. The van der Waals surface area contributed by atoms with Crippen molar-refractivity contribution in [2.45, 2.75) is 66.7 Å². The summed E-state index contributed by atoms with van der Waals surface area (Å²) in [6.45, 7) is 12.8. The lowest BCUT2D eigenvalue weighted by atomic mass is 9.75. The molecule has 0 bridgehead atoms. The largest absolute Gasteiger partial charge is 0.272 e. The Morgan fingerprint density at radius 3 is 2.11 bits per heavy atom. The molecular weight excluding hydrogens is 220 g/mol. The predicted molar refractivity (Wildman–Crippen MR) is 80.8 cm³/mol. The number of aryl methyl sites for hydroxylation is 1. The van der Waals surface area contributed by atoms with E-state index in [2.05, 4.69) is 32.1 Å². The summed E-state index contributed by atoms with van der Waals surface area (Å²) >= 11 is 0. The van der Waals surface area contributed by atoms with E-state index >= 15 is 0 Å². The van der Waals surface area contributed by atoms with Gasteiger partial charge in [-0.15, -0.1) is 0 Å². The molecule has 1 saturated carbocycles. The van der Waals surface area contributed by atoms with E-state index in [1.165, 1.54) is 25.0 Å². The van der Waals surface area contributed by atoms with Gasteiger partial charge in [-0.25, -0.2) is 0 Å². The maximum Gasteiger partial charge on any atom is 0.0492 e. The zero-order valence-corrected chi connectivity index (χ0v) is 13.4. The van der Waals surface area contributed by atoms with Gasteiger partial charge in [0.25, 0.3) is 0 Å². The van der Waals surface area contributed by atoms with E-state index in [9.17, 15) is 0 Å². The molecule has 0 saturated heterocycles. The summed E-state index contributed by atoms with van der Waals surface area (Å²) < 4.78 is 2.04. The van der Waals surface area contributed by atoms with Crippen LogP contribution in [-0.4, -0.2) is 9.78 Å². The Morgan fingerprint density at radius 1 is 1.06 bits per heavy atom. The Hall–Kier alpha value is -0.790. The molecule has 1 aliphatic rings. The Morgan fingerprint density at radius 2 is 1.67 bits per heavy atom. The summed E-state index contributed by atoms with van der Waals surface area (Å²) in [4.78, 5) is 0. The van der Waals surface area contributed by atoms with Crippen molar-refractivity contribution in [3.63, 3.8) is 0 Å². The highest BCUT2D eigenvalue weighted by atomic mass is 15.3. The van der Waals surface area contributed by atoms with Crippen LogP contribution in [0.25, 0.3) is 0 Å². The quantitative estimate of drug-likeness (QED) is 0.687. The van der Waals surface area contributed by atoms with Crippen LogP contribution in [-0.2, 0) is 7.05 Å². The van der Waals surface area contributed by atoms with Gasteiger partial charge in [0.05, 0.1) is 0 Å². The van der Waals surface area contributed by atoms with Gasteiger partial charge in [0.15, 0.2) is 0 Å². The second-order valence-corrected chi connectivity index (χ2v) is 4.84. The van der Waals surface area contributed by atoms with Gasteiger partial charge in [0.1, 0.15) is 0 Å². The minimum atomic E-state index is 0.744. The van der Waals surface area contributed by atoms with E-state index in [4.69, 9.17) is 0 Å². The smallest absolute Gasteiger partial charge is 0.0492 e. The normalized spacial score (nSPS) is 26.5. The predicted octanol–water partition coefficient (Wildman–Crippen LogP) is 5.01. The second-order valence-electron chi connectivity index (χ2n) is 4.84. The Balaban J connectivity index is 0.000000659. The lowest BCUT2D eigenvalue weighted by Crippen LogP contribution is -2.21. The molecule has 0 radical (unpaired) electrons. The molecule has 18 heavy (non-hydrogen) atoms. The fourth-order valence-corrected chi connectivity index (χ4v) is 2.60. The zero-order chi connectivity index (χ0) is 14.1. The highest BCUT2D eigenvalue weighted by Gasteiger charge is 2.26. The third kappa shape index (κ3) is 4.47. The average molecular weight is 252 g/mol. The van der Waals surface area contributed by atoms with Crippen LogP contribution >= 0.6 is 0 Å². The molecule has 0 amide bonds. The second kappa shape index (κ2) is 9.18. The van der Waals surface area contributed by atoms with Gasteiger partial charge in [-0.3, -0.25) is 4.68 Å². The third-order valence-electron chi connectivity index (χ3n) is 3.88. The molecule has 2 rings (SSSR count). The molecule has 1 aliphatic carbocycles. The SMILES string of the molecule is CC.CC.CC1CCC(c2ccnn2C)CC1C. The lowest BCUT2D eigenvalue weighted by Gasteiger charge is -2.32. The van der Waals surface area contributed by atoms with Crippen molar-refractivity contribution < 1.29 is 0 Å². The molecule has 1 fully saturated rings. The van der Waals surface area contributed by atoms with Crippen LogP contribution in [0.2, 0.25) is 0 Å². The zero-order valence-electron chi connectivity index (χ0n) is 13.4. The molecule has 106 valence electrons. The summed E-state index contributed by atoms with van der Waals surface area (Å²) in [5.74, 6) is 2.51. The number of nitrogens with zero attached hydrogens (tertiary/aromatic N) is 2. The van der Waals surface area contributed by atoms with Crippen LogP contribution in [0.3, 0.4) is 0 Å². The van der Waals surface area contributed by atoms with Crippen molar-refractivity contribution in [2.24, 2.45) is 18.9 Å². The van der Waals surface area contributed by atoms with Crippen LogP contribution in [0, 0.1) is 11.8 Å². The summed E-state index contributed by atoms with van der Waals surface area (Å²) in [7, 11) is 2.05. The van der Waals surface area contributed by atoms with Crippen LogP contribution in [0.4, 0.5) is 0 Å². The highest BCUT2D eigenvalue weighted by Crippen LogP contribution is 2.38. The molecule has 0 aromatic carbocycles. The number of aromatic nitrogens is 2. The first-order chi connectivity index (χ1) is 8.68. The van der Waals surface area contributed by atoms with Gasteiger partial charge >= 0.3 is 0 Å². The Labute approximate surface area is 114 Å². The summed E-state index contributed by atoms with van der Waals surface area (Å²) in [6, 6.07) is 2.17. The fourth-order valence-electron chi connectivity index (χ4n) is 2.60. The third-order valence-corrected chi connectivity index (χ3v) is 3.88. The number of rotatable bonds is 1. The average Bonchev–Trinajstić information content (AvgIpc) is 2.84. The van der Waals surface area contributed by atoms with Crippen LogP contribution in [0.5, 0.6) is 0 Å². The van der Waals surface area contributed by atoms with E-state index in [1.54, 1.807) is 0 Å². The van der Waals surface area contributed by atoms with Gasteiger partial charge in [-0.2, -0.15) is 5.10 Å². The van der Waals surface area contributed by atoms with Crippen LogP contribution in [0.1, 0.15) is 72.4 Å². The van der Waals surface area contributed by atoms with E-state index in [0.29, 0.717) is 0 Å². The first kappa shape index (κ1) is 17.2. The lowest BCUT2D eigenvalue weighted by molar-refractivity contribution is 0.245. The van der Waals surface area contributed by atoms with Crippen LogP contribution in [0.15, 0.2) is 12.3 Å². The molecular formula is C16H32N2. The fraction of sp³-hybridized carbons (Fsp3) is 0.812. The molecule has 1 aromatic heterocycles. The van der Waals surface area contributed by atoms with E-state index in [1.807, 2.05) is 38.6 Å². The van der Waals surface area contributed by atoms with Crippen LogP contribution < -0.4 is 0 Å². The maximum absolute atomic E-state index is 4.25. The molecule has 3 unspecified atom stereocenters. The van der Waals surface area contributed by atoms with E-state index in [-0.39, 0.29) is 0 Å². The van der Waals surface area contributed by atoms with Gasteiger partial charge < -0.3 is 0 Å². The standard InChI is InChI=1S/C12H20N2.2C2H6/c1-9-4-5-11(8-10(9)2)12-6-7-13-14(12)3;2*1-2/h6-7,9-11H,4-5,8H2,1-3H3;2*1-2H3. The molecule has 3 atom stereocenters. The first-order valence-corrected chi connectivity index (χ1v) is 7.66. The van der Waals surface area contributed by atoms with Crippen molar-refractivity contribution in [3.05, 3.63) is 18.0 Å². The maximum atomic E-state index is 4.25. The van der Waals surface area contributed by atoms with Crippen molar-refractivity contribution in [2.75, 3.05) is 0 Å². The minimum Gasteiger partial charge on any atom is -0.272 e. The van der Waals surface area contributed by atoms with Gasteiger partial charge in [0.2, 0.25) is 0 Å². The molecule has 2 nitrogen and oxygen atoms in total. The summed E-state index contributed by atoms with van der Waals surface area (Å²) in [5.41, 5.74) is 1.42. The Kier molecular flexibility index (Phi) is 8.78. The number of hydrogen-bond acceptors (Lipinski definition) is 1. The molecule has 1 heterocycles. The van der Waals surface area contributed by atoms with E-state index < -0.39 is 0 Å². The van der Waals surface area contributed by atoms with Crippen molar-refractivity contribution in [1.29, 1.82) is 0 Å². The topological polar surface area (TPSA) is 17.8 Å². The molecule has 0 aliphatic heterocycles. The van der Waals surface area contributed by atoms with Gasteiger partial charge in [-0.05, 0) is 37.2 Å². The van der Waals surface area contributed by atoms with Crippen molar-refractivity contribution in [1.82, 2.24) is 9.78 Å². The Bertz CT molecular complexity index is 304. The summed E-state index contributed by atoms with van der Waals surface area (Å²) in [5, 5.41) is 4.25. The van der Waals surface area contributed by atoms with E-state index in [0.717, 1.165) is 17.8 Å².